The van der Waals surface area contributed by atoms with Gasteiger partial charge in [-0.05, 0) is 67.7 Å². The van der Waals surface area contributed by atoms with Crippen molar-refractivity contribution in [1.82, 2.24) is 20.9 Å². The van der Waals surface area contributed by atoms with Crippen LogP contribution in [0.1, 0.15) is 26.3 Å². The number of carbonyl (C=O) groups excluding carboxylic acids is 2. The van der Waals surface area contributed by atoms with Crippen molar-refractivity contribution in [3.63, 3.8) is 0 Å². The first-order valence-electron chi connectivity index (χ1n) is 10.9. The van der Waals surface area contributed by atoms with Crippen molar-refractivity contribution in [2.45, 2.75) is 21.8 Å². The summed E-state index contributed by atoms with van der Waals surface area (Å²) < 4.78 is 23.0. The summed E-state index contributed by atoms with van der Waals surface area (Å²) in [6.07, 6.45) is -1.28. The minimum Gasteiger partial charge on any atom is -0.339 e. The topological polar surface area (TPSA) is 128 Å². The molecular weight excluding hydrogens is 628 g/mol. The third-order valence-electron chi connectivity index (χ3n) is 5.03. The first kappa shape index (κ1) is 30.9. The lowest BCUT2D eigenvalue weighted by molar-refractivity contribution is 0.0930. The van der Waals surface area contributed by atoms with E-state index in [0.717, 1.165) is 5.56 Å². The number of nitrogens with one attached hydrogen (secondary N) is 5. The van der Waals surface area contributed by atoms with Crippen LogP contribution in [0.3, 0.4) is 0 Å². The summed E-state index contributed by atoms with van der Waals surface area (Å²) in [6.45, 7) is 1.82. The van der Waals surface area contributed by atoms with Gasteiger partial charge in [0.25, 0.3) is 21.8 Å². The second kappa shape index (κ2) is 13.1. The zero-order valence-electron chi connectivity index (χ0n) is 20.0. The van der Waals surface area contributed by atoms with E-state index in [1.165, 1.54) is 48.5 Å². The number of alkyl halides is 3. The van der Waals surface area contributed by atoms with E-state index in [1.807, 2.05) is 6.92 Å². The number of aryl methyl sites for hydroxylation is 1. The van der Waals surface area contributed by atoms with Crippen LogP contribution in [0.2, 0.25) is 5.02 Å². The van der Waals surface area contributed by atoms with E-state index in [-0.39, 0.29) is 26.8 Å². The molecule has 9 nitrogen and oxygen atoms in total. The number of halogens is 4. The summed E-state index contributed by atoms with van der Waals surface area (Å²) >= 11 is 29.3. The fraction of sp³-hybridized carbons (Fsp3) is 0.125. The Hall–Kier alpha value is -2.64. The molecule has 0 aromatic heterocycles. The van der Waals surface area contributed by atoms with Gasteiger partial charge in [0, 0.05) is 10.6 Å². The molecule has 0 saturated heterocycles. The molecule has 39 heavy (non-hydrogen) atoms. The molecular formula is C24H21Cl4N5O4S2. The monoisotopic (exact) mass is 647 g/mol. The smallest absolute Gasteiger partial charge is 0.268 e. The molecule has 1 atom stereocenters. The van der Waals surface area contributed by atoms with Crippen molar-refractivity contribution < 1.29 is 18.0 Å². The van der Waals surface area contributed by atoms with Crippen LogP contribution in [0.25, 0.3) is 0 Å². The van der Waals surface area contributed by atoms with Gasteiger partial charge in [-0.2, -0.15) is 0 Å². The summed E-state index contributed by atoms with van der Waals surface area (Å²) in [4.78, 5) is 27.5. The van der Waals surface area contributed by atoms with Crippen molar-refractivity contribution in [1.29, 1.82) is 0 Å². The Bertz CT molecular complexity index is 1470. The second-order valence-electron chi connectivity index (χ2n) is 7.97. The summed E-state index contributed by atoms with van der Waals surface area (Å²) in [7, 11) is -4.02. The molecule has 0 aliphatic heterocycles. The van der Waals surface area contributed by atoms with E-state index in [2.05, 4.69) is 26.2 Å². The van der Waals surface area contributed by atoms with Gasteiger partial charge in [0.2, 0.25) is 3.79 Å². The van der Waals surface area contributed by atoms with Crippen molar-refractivity contribution in [2.75, 3.05) is 5.32 Å². The Balaban J connectivity index is 1.68. The summed E-state index contributed by atoms with van der Waals surface area (Å²) in [5.74, 6) is -1.34. The normalized spacial score (nSPS) is 12.2. The van der Waals surface area contributed by atoms with Gasteiger partial charge in [-0.3, -0.25) is 15.0 Å². The van der Waals surface area contributed by atoms with Crippen LogP contribution >= 0.6 is 58.6 Å². The van der Waals surface area contributed by atoms with Gasteiger partial charge < -0.3 is 16.0 Å². The van der Waals surface area contributed by atoms with Crippen LogP contribution in [-0.2, 0) is 10.0 Å². The van der Waals surface area contributed by atoms with Crippen molar-refractivity contribution in [3.8, 4) is 0 Å². The minimum atomic E-state index is -4.02. The molecule has 0 spiro atoms. The molecule has 0 saturated carbocycles. The standard InChI is InChI=1S/C24H21Cl4N5O4S2/c1-14-6-12-17(13-7-14)39(36,37)33-32-21(35)18-4-2-3-5-19(18)29-23(38)31-22(24(26,27)28)30-20(34)15-8-10-16(25)11-9-15/h2-13,22,33H,1H3,(H,30,34)(H,32,35)(H2,29,31,38). The van der Waals surface area contributed by atoms with Crippen molar-refractivity contribution in [3.05, 3.63) is 94.5 Å². The lowest BCUT2D eigenvalue weighted by atomic mass is 10.1. The van der Waals surface area contributed by atoms with E-state index in [1.54, 1.807) is 24.3 Å². The van der Waals surface area contributed by atoms with E-state index < -0.39 is 31.8 Å². The highest BCUT2D eigenvalue weighted by molar-refractivity contribution is 7.89. The Labute approximate surface area is 250 Å². The predicted molar refractivity (Wildman–Crippen MR) is 158 cm³/mol. The number of hydrazine groups is 1. The number of benzene rings is 3. The molecule has 0 heterocycles. The van der Waals surface area contributed by atoms with Crippen LogP contribution in [0.15, 0.2) is 77.7 Å². The Kier molecular flexibility index (Phi) is 10.4. The molecule has 0 fully saturated rings. The van der Waals surface area contributed by atoms with Crippen LogP contribution in [0.5, 0.6) is 0 Å². The van der Waals surface area contributed by atoms with Crippen LogP contribution in [0.4, 0.5) is 5.69 Å². The van der Waals surface area contributed by atoms with Crippen LogP contribution in [-0.4, -0.2) is 35.3 Å². The van der Waals surface area contributed by atoms with Gasteiger partial charge in [-0.15, -0.1) is 4.83 Å². The van der Waals surface area contributed by atoms with E-state index in [9.17, 15) is 18.0 Å². The first-order valence-corrected chi connectivity index (χ1v) is 14.3. The zero-order valence-corrected chi connectivity index (χ0v) is 24.6. The molecule has 0 bridgehead atoms. The zero-order chi connectivity index (χ0) is 28.8. The van der Waals surface area contributed by atoms with Crippen molar-refractivity contribution in [2.24, 2.45) is 0 Å². The third kappa shape index (κ3) is 8.94. The molecule has 0 aliphatic carbocycles. The third-order valence-corrected chi connectivity index (χ3v) is 7.42. The number of rotatable bonds is 8. The lowest BCUT2D eigenvalue weighted by Crippen LogP contribution is -2.56. The van der Waals surface area contributed by atoms with Crippen LogP contribution < -0.4 is 26.2 Å². The largest absolute Gasteiger partial charge is 0.339 e. The number of para-hydroxylation sites is 1. The molecule has 5 N–H and O–H groups in total. The molecule has 3 aromatic rings. The van der Waals surface area contributed by atoms with Crippen molar-refractivity contribution >= 4 is 91.3 Å². The Morgan fingerprint density at radius 2 is 1.49 bits per heavy atom. The molecule has 0 aliphatic rings. The number of hydrogen-bond donors (Lipinski definition) is 5. The number of sulfonamides is 1. The predicted octanol–water partition coefficient (Wildman–Crippen LogP) is 4.68. The maximum absolute atomic E-state index is 12.8. The molecule has 3 aromatic carbocycles. The Morgan fingerprint density at radius 1 is 0.872 bits per heavy atom. The molecule has 15 heteroatoms. The number of amides is 2. The Morgan fingerprint density at radius 3 is 2.10 bits per heavy atom. The van der Waals surface area contributed by atoms with Gasteiger partial charge in [0.1, 0.15) is 6.17 Å². The van der Waals surface area contributed by atoms with Crippen LogP contribution in [0, 0.1) is 6.92 Å². The molecule has 0 radical (unpaired) electrons. The highest BCUT2D eigenvalue weighted by Crippen LogP contribution is 2.29. The summed E-state index contributed by atoms with van der Waals surface area (Å²) in [6, 6.07) is 18.3. The lowest BCUT2D eigenvalue weighted by Gasteiger charge is -2.28. The van der Waals surface area contributed by atoms with Gasteiger partial charge in [0.15, 0.2) is 5.11 Å². The minimum absolute atomic E-state index is 0.0245. The maximum Gasteiger partial charge on any atom is 0.268 e. The highest BCUT2D eigenvalue weighted by atomic mass is 35.6. The fourth-order valence-electron chi connectivity index (χ4n) is 3.05. The molecule has 1 unspecified atom stereocenters. The van der Waals surface area contributed by atoms with Gasteiger partial charge in [-0.25, -0.2) is 8.42 Å². The first-order chi connectivity index (χ1) is 18.3. The molecule has 3 rings (SSSR count). The fourth-order valence-corrected chi connectivity index (χ4v) is 4.57. The second-order valence-corrected chi connectivity index (χ2v) is 12.9. The van der Waals surface area contributed by atoms with Gasteiger partial charge in [-0.1, -0.05) is 76.2 Å². The summed E-state index contributed by atoms with van der Waals surface area (Å²) in [5.41, 5.74) is 3.55. The number of hydrogen-bond acceptors (Lipinski definition) is 5. The van der Waals surface area contributed by atoms with E-state index in [0.29, 0.717) is 5.02 Å². The molecule has 206 valence electrons. The van der Waals surface area contributed by atoms with E-state index >= 15 is 0 Å². The maximum atomic E-state index is 12.8. The highest BCUT2D eigenvalue weighted by Gasteiger charge is 2.35. The van der Waals surface area contributed by atoms with Gasteiger partial charge >= 0.3 is 0 Å². The SMILES string of the molecule is Cc1ccc(S(=O)(=O)NNC(=O)c2ccccc2NC(=S)NC(NC(=O)c2ccc(Cl)cc2)C(Cl)(Cl)Cl)cc1. The van der Waals surface area contributed by atoms with Gasteiger partial charge in [0.05, 0.1) is 16.1 Å². The molecule has 2 amide bonds. The quantitative estimate of drug-likeness (QED) is 0.104. The van der Waals surface area contributed by atoms with E-state index in [4.69, 9.17) is 58.6 Å². The number of carbonyl (C=O) groups is 2. The number of anilines is 1. The summed E-state index contributed by atoms with van der Waals surface area (Å²) in [5, 5.41) is 8.34. The average molecular weight is 649 g/mol. The number of thiocarbonyl (C=S) groups is 1. The average Bonchev–Trinajstić information content (AvgIpc) is 2.87.